The van der Waals surface area contributed by atoms with E-state index in [1.807, 2.05) is 27.7 Å². The van der Waals surface area contributed by atoms with Crippen molar-refractivity contribution >= 4 is 0 Å². The largest absolute Gasteiger partial charge is 0.353 e. The standard InChI is InChI=1S/C13H22O6/c1-12(2)15-6-7(17-12)8-9-10(11(14-5)16-8)19-13(3,4)18-9/h7-11H,6H2,1-5H3/t7?,8-,9?,10?,11?/m1/s1. The first kappa shape index (κ1) is 13.7. The van der Waals surface area contributed by atoms with Crippen molar-refractivity contribution in [3.05, 3.63) is 0 Å². The molecule has 6 nitrogen and oxygen atoms in total. The molecular weight excluding hydrogens is 252 g/mol. The average molecular weight is 274 g/mol. The van der Waals surface area contributed by atoms with Crippen LogP contribution < -0.4 is 0 Å². The molecular formula is C13H22O6. The Kier molecular flexibility index (Phi) is 3.16. The molecule has 6 heteroatoms. The van der Waals surface area contributed by atoms with Gasteiger partial charge in [0.05, 0.1) is 6.61 Å². The van der Waals surface area contributed by atoms with Gasteiger partial charge in [0.1, 0.15) is 24.4 Å². The molecule has 0 spiro atoms. The van der Waals surface area contributed by atoms with Crippen molar-refractivity contribution in [2.45, 2.75) is 70.0 Å². The highest BCUT2D eigenvalue weighted by molar-refractivity contribution is 4.99. The third-order valence-electron chi connectivity index (χ3n) is 3.68. The molecule has 3 saturated heterocycles. The summed E-state index contributed by atoms with van der Waals surface area (Å²) < 4.78 is 34.5. The Labute approximate surface area is 113 Å². The van der Waals surface area contributed by atoms with Crippen molar-refractivity contribution in [2.75, 3.05) is 13.7 Å². The molecule has 0 saturated carbocycles. The third-order valence-corrected chi connectivity index (χ3v) is 3.68. The lowest BCUT2D eigenvalue weighted by molar-refractivity contribution is -0.241. The molecule has 19 heavy (non-hydrogen) atoms. The second-order valence-corrected chi connectivity index (χ2v) is 6.14. The summed E-state index contributed by atoms with van der Waals surface area (Å²) in [6, 6.07) is 0. The molecule has 3 aliphatic heterocycles. The second-order valence-electron chi connectivity index (χ2n) is 6.14. The minimum absolute atomic E-state index is 0.167. The van der Waals surface area contributed by atoms with Crippen molar-refractivity contribution in [2.24, 2.45) is 0 Å². The van der Waals surface area contributed by atoms with Crippen LogP contribution in [0.2, 0.25) is 0 Å². The minimum atomic E-state index is -0.622. The molecule has 0 aromatic rings. The van der Waals surface area contributed by atoms with Crippen molar-refractivity contribution in [1.29, 1.82) is 0 Å². The van der Waals surface area contributed by atoms with Crippen molar-refractivity contribution in [3.63, 3.8) is 0 Å². The molecule has 0 amide bonds. The molecule has 0 aliphatic carbocycles. The van der Waals surface area contributed by atoms with E-state index >= 15 is 0 Å². The number of hydrogen-bond donors (Lipinski definition) is 0. The van der Waals surface area contributed by atoms with E-state index in [2.05, 4.69) is 0 Å². The average Bonchev–Trinajstić information content (AvgIpc) is 2.89. The minimum Gasteiger partial charge on any atom is -0.353 e. The Bertz CT molecular complexity index is 355. The van der Waals surface area contributed by atoms with E-state index in [1.54, 1.807) is 7.11 Å². The van der Waals surface area contributed by atoms with E-state index in [-0.39, 0.29) is 24.4 Å². The molecule has 3 heterocycles. The maximum absolute atomic E-state index is 5.94. The Morgan fingerprint density at radius 2 is 1.58 bits per heavy atom. The quantitative estimate of drug-likeness (QED) is 0.749. The topological polar surface area (TPSA) is 55.4 Å². The highest BCUT2D eigenvalue weighted by Gasteiger charge is 2.59. The Hall–Kier alpha value is -0.240. The molecule has 0 bridgehead atoms. The fourth-order valence-corrected chi connectivity index (χ4v) is 2.96. The number of ether oxygens (including phenoxy) is 6. The molecule has 5 atom stereocenters. The van der Waals surface area contributed by atoms with Crippen LogP contribution in [0.25, 0.3) is 0 Å². The van der Waals surface area contributed by atoms with Crippen LogP contribution in [0.4, 0.5) is 0 Å². The van der Waals surface area contributed by atoms with E-state index in [9.17, 15) is 0 Å². The van der Waals surface area contributed by atoms with Gasteiger partial charge < -0.3 is 28.4 Å². The molecule has 0 radical (unpaired) electrons. The van der Waals surface area contributed by atoms with Crippen LogP contribution in [0, 0.1) is 0 Å². The summed E-state index contributed by atoms with van der Waals surface area (Å²) in [5.74, 6) is -1.20. The summed E-state index contributed by atoms with van der Waals surface area (Å²) in [7, 11) is 1.61. The lowest BCUT2D eigenvalue weighted by Crippen LogP contribution is -2.40. The summed E-state index contributed by atoms with van der Waals surface area (Å²) in [5.41, 5.74) is 0. The molecule has 0 N–H and O–H groups in total. The Morgan fingerprint density at radius 1 is 0.895 bits per heavy atom. The molecule has 3 fully saturated rings. The van der Waals surface area contributed by atoms with Crippen LogP contribution in [0.15, 0.2) is 0 Å². The lowest BCUT2D eigenvalue weighted by Gasteiger charge is -2.26. The summed E-state index contributed by atoms with van der Waals surface area (Å²) in [5, 5.41) is 0. The van der Waals surface area contributed by atoms with Gasteiger partial charge in [-0.3, -0.25) is 0 Å². The van der Waals surface area contributed by atoms with Crippen molar-refractivity contribution < 1.29 is 28.4 Å². The van der Waals surface area contributed by atoms with Gasteiger partial charge in [-0.15, -0.1) is 0 Å². The van der Waals surface area contributed by atoms with E-state index in [0.717, 1.165) is 0 Å². The Balaban J connectivity index is 1.76. The number of rotatable bonds is 2. The predicted molar refractivity (Wildman–Crippen MR) is 64.4 cm³/mol. The zero-order valence-electron chi connectivity index (χ0n) is 12.0. The Morgan fingerprint density at radius 3 is 2.16 bits per heavy atom. The predicted octanol–water partition coefficient (Wildman–Crippen LogP) is 1.03. The van der Waals surface area contributed by atoms with Gasteiger partial charge in [-0.1, -0.05) is 0 Å². The van der Waals surface area contributed by atoms with E-state index in [4.69, 9.17) is 28.4 Å². The monoisotopic (exact) mass is 274 g/mol. The van der Waals surface area contributed by atoms with Crippen LogP contribution in [0.5, 0.6) is 0 Å². The van der Waals surface area contributed by atoms with Crippen LogP contribution >= 0.6 is 0 Å². The zero-order chi connectivity index (χ0) is 13.8. The fraction of sp³-hybridized carbons (Fsp3) is 1.00. The third kappa shape index (κ3) is 2.41. The maximum atomic E-state index is 5.94. The smallest absolute Gasteiger partial charge is 0.186 e. The second kappa shape index (κ2) is 4.38. The maximum Gasteiger partial charge on any atom is 0.186 e. The van der Waals surface area contributed by atoms with E-state index in [0.29, 0.717) is 6.61 Å². The van der Waals surface area contributed by atoms with E-state index in [1.165, 1.54) is 0 Å². The number of hydrogen-bond acceptors (Lipinski definition) is 6. The number of methoxy groups -OCH3 is 1. The van der Waals surface area contributed by atoms with Crippen molar-refractivity contribution in [1.82, 2.24) is 0 Å². The zero-order valence-corrected chi connectivity index (χ0v) is 12.0. The summed E-state index contributed by atoms with van der Waals surface area (Å²) in [4.78, 5) is 0. The van der Waals surface area contributed by atoms with Gasteiger partial charge in [0.25, 0.3) is 0 Å². The van der Waals surface area contributed by atoms with Gasteiger partial charge in [0, 0.05) is 7.11 Å². The van der Waals surface area contributed by atoms with Gasteiger partial charge in [0.15, 0.2) is 17.9 Å². The summed E-state index contributed by atoms with van der Waals surface area (Å²) in [6.07, 6.45) is -1.25. The first-order chi connectivity index (χ1) is 8.81. The van der Waals surface area contributed by atoms with Gasteiger partial charge in [0.2, 0.25) is 0 Å². The van der Waals surface area contributed by atoms with Crippen molar-refractivity contribution in [3.8, 4) is 0 Å². The number of fused-ring (bicyclic) bond motifs is 1. The first-order valence-electron chi connectivity index (χ1n) is 6.67. The normalized spacial score (nSPS) is 47.5. The summed E-state index contributed by atoms with van der Waals surface area (Å²) >= 11 is 0. The molecule has 0 aromatic carbocycles. The molecule has 4 unspecified atom stereocenters. The SMILES string of the molecule is COC1O[C@H](C2COC(C)(C)O2)C2OC(C)(C)OC12. The molecule has 110 valence electrons. The highest BCUT2D eigenvalue weighted by atomic mass is 16.8. The van der Waals surface area contributed by atoms with Crippen LogP contribution in [0.3, 0.4) is 0 Å². The van der Waals surface area contributed by atoms with Gasteiger partial charge in [-0.25, -0.2) is 0 Å². The lowest BCUT2D eigenvalue weighted by atomic mass is 10.1. The fourth-order valence-electron chi connectivity index (χ4n) is 2.96. The van der Waals surface area contributed by atoms with Crippen LogP contribution in [-0.2, 0) is 28.4 Å². The molecule has 0 aromatic heterocycles. The highest BCUT2D eigenvalue weighted by Crippen LogP contribution is 2.42. The molecule has 3 rings (SSSR count). The molecule has 3 aliphatic rings. The van der Waals surface area contributed by atoms with Gasteiger partial charge in [-0.05, 0) is 27.7 Å². The van der Waals surface area contributed by atoms with Crippen LogP contribution in [-0.4, -0.2) is 56.0 Å². The summed E-state index contributed by atoms with van der Waals surface area (Å²) in [6.45, 7) is 8.06. The van der Waals surface area contributed by atoms with Gasteiger partial charge >= 0.3 is 0 Å². The van der Waals surface area contributed by atoms with E-state index < -0.39 is 17.9 Å². The first-order valence-corrected chi connectivity index (χ1v) is 6.67. The van der Waals surface area contributed by atoms with Crippen LogP contribution in [0.1, 0.15) is 27.7 Å². The van der Waals surface area contributed by atoms with Gasteiger partial charge in [-0.2, -0.15) is 0 Å².